The van der Waals surface area contributed by atoms with Crippen LogP contribution in [0.1, 0.15) is 45.6 Å². The molecular formula is C24H29FN4O2. The number of piperidine rings is 1. The molecule has 1 aromatic carbocycles. The van der Waals surface area contributed by atoms with Crippen molar-refractivity contribution in [3.05, 3.63) is 35.6 Å². The molecule has 3 saturated heterocycles. The van der Waals surface area contributed by atoms with Gasteiger partial charge in [0.15, 0.2) is 0 Å². The van der Waals surface area contributed by atoms with Crippen molar-refractivity contribution < 1.29 is 14.0 Å². The molecule has 0 radical (unpaired) electrons. The molecule has 6 atom stereocenters. The first-order valence-corrected chi connectivity index (χ1v) is 11.3. The Morgan fingerprint density at radius 2 is 1.97 bits per heavy atom. The van der Waals surface area contributed by atoms with Gasteiger partial charge in [0, 0.05) is 31.1 Å². The summed E-state index contributed by atoms with van der Waals surface area (Å²) in [7, 11) is 0. The number of piperazine rings is 1. The van der Waals surface area contributed by atoms with Gasteiger partial charge in [-0.15, -0.1) is 0 Å². The van der Waals surface area contributed by atoms with E-state index in [1.807, 2.05) is 30.6 Å². The number of nitrogens with zero attached hydrogens (tertiary/aromatic N) is 4. The van der Waals surface area contributed by atoms with Crippen LogP contribution >= 0.6 is 0 Å². The fourth-order valence-corrected chi connectivity index (χ4v) is 6.17. The number of nitriles is 1. The predicted molar refractivity (Wildman–Crippen MR) is 112 cm³/mol. The van der Waals surface area contributed by atoms with Gasteiger partial charge in [-0.3, -0.25) is 14.5 Å². The second-order valence-corrected chi connectivity index (χ2v) is 10.2. The number of carbonyl (C=O) groups excluding carboxylic acids is 2. The molecule has 0 spiro atoms. The van der Waals surface area contributed by atoms with E-state index < -0.39 is 5.54 Å². The van der Waals surface area contributed by atoms with E-state index in [2.05, 4.69) is 11.0 Å². The summed E-state index contributed by atoms with van der Waals surface area (Å²) in [4.78, 5) is 32.3. The summed E-state index contributed by atoms with van der Waals surface area (Å²) < 4.78 is 13.4. The number of fused-ring (bicyclic) bond motifs is 3. The van der Waals surface area contributed by atoms with Crippen molar-refractivity contribution in [2.45, 2.75) is 69.7 Å². The maximum atomic E-state index is 13.4. The van der Waals surface area contributed by atoms with Gasteiger partial charge >= 0.3 is 0 Å². The number of benzene rings is 1. The quantitative estimate of drug-likeness (QED) is 0.728. The summed E-state index contributed by atoms with van der Waals surface area (Å²) in [5, 5.41) is 9.40. The normalized spacial score (nSPS) is 32.9. The molecule has 3 heterocycles. The monoisotopic (exact) mass is 424 g/mol. The highest BCUT2D eigenvalue weighted by atomic mass is 19.1. The second-order valence-electron chi connectivity index (χ2n) is 10.2. The van der Waals surface area contributed by atoms with E-state index in [1.54, 1.807) is 12.1 Å². The Kier molecular flexibility index (Phi) is 4.63. The average molecular weight is 425 g/mol. The van der Waals surface area contributed by atoms with Crippen LogP contribution in [0.5, 0.6) is 0 Å². The molecule has 7 heteroatoms. The molecule has 1 aliphatic carbocycles. The SMILES string of the molecule is C[C@@H](CN1C[C@@H]2C[C@H]1C(=O)N2C(C)(C)c1ccc(F)cc1)C(=O)N1[C@H](C#N)C[C@@H]2C[C@@H]21. The van der Waals surface area contributed by atoms with Crippen LogP contribution in [0.2, 0.25) is 0 Å². The zero-order valence-corrected chi connectivity index (χ0v) is 18.3. The Morgan fingerprint density at radius 3 is 2.61 bits per heavy atom. The largest absolute Gasteiger partial charge is 0.328 e. The molecule has 6 nitrogen and oxygen atoms in total. The van der Waals surface area contributed by atoms with Gasteiger partial charge in [-0.25, -0.2) is 4.39 Å². The van der Waals surface area contributed by atoms with Gasteiger partial charge in [-0.1, -0.05) is 19.1 Å². The Balaban J connectivity index is 1.26. The lowest BCUT2D eigenvalue weighted by atomic mass is 9.91. The van der Waals surface area contributed by atoms with Gasteiger partial charge < -0.3 is 9.80 Å². The number of amides is 2. The van der Waals surface area contributed by atoms with Crippen LogP contribution in [0.3, 0.4) is 0 Å². The number of rotatable bonds is 5. The molecular weight excluding hydrogens is 395 g/mol. The van der Waals surface area contributed by atoms with E-state index in [0.29, 0.717) is 12.5 Å². The molecule has 31 heavy (non-hydrogen) atoms. The summed E-state index contributed by atoms with van der Waals surface area (Å²) >= 11 is 0. The van der Waals surface area contributed by atoms with Crippen LogP contribution in [0, 0.1) is 29.0 Å². The topological polar surface area (TPSA) is 67.7 Å². The van der Waals surface area contributed by atoms with Crippen molar-refractivity contribution in [3.63, 3.8) is 0 Å². The molecule has 164 valence electrons. The van der Waals surface area contributed by atoms with Crippen molar-refractivity contribution in [3.8, 4) is 6.07 Å². The lowest BCUT2D eigenvalue weighted by molar-refractivity contribution is -0.145. The fourth-order valence-electron chi connectivity index (χ4n) is 6.17. The Bertz CT molecular complexity index is 955. The van der Waals surface area contributed by atoms with Crippen molar-refractivity contribution >= 4 is 11.8 Å². The summed E-state index contributed by atoms with van der Waals surface area (Å²) in [6, 6.07) is 8.50. The molecule has 0 aromatic heterocycles. The van der Waals surface area contributed by atoms with Crippen LogP contribution in [-0.2, 0) is 15.1 Å². The molecule has 5 rings (SSSR count). The van der Waals surface area contributed by atoms with E-state index >= 15 is 0 Å². The minimum Gasteiger partial charge on any atom is -0.328 e. The first-order valence-electron chi connectivity index (χ1n) is 11.3. The van der Waals surface area contributed by atoms with Gasteiger partial charge in [-0.2, -0.15) is 5.26 Å². The molecule has 4 fully saturated rings. The number of halogens is 1. The fraction of sp³-hybridized carbons (Fsp3) is 0.625. The van der Waals surface area contributed by atoms with Crippen molar-refractivity contribution in [1.82, 2.24) is 14.7 Å². The lowest BCUT2D eigenvalue weighted by Crippen LogP contribution is -2.57. The Labute approximate surface area is 182 Å². The molecule has 0 N–H and O–H groups in total. The zero-order chi connectivity index (χ0) is 22.1. The summed E-state index contributed by atoms with van der Waals surface area (Å²) in [5.74, 6) is 0.125. The van der Waals surface area contributed by atoms with E-state index in [4.69, 9.17) is 0 Å². The van der Waals surface area contributed by atoms with Crippen LogP contribution in [0.15, 0.2) is 24.3 Å². The van der Waals surface area contributed by atoms with Gasteiger partial charge in [0.2, 0.25) is 11.8 Å². The molecule has 1 saturated carbocycles. The van der Waals surface area contributed by atoms with Crippen molar-refractivity contribution in [2.75, 3.05) is 13.1 Å². The number of hydrogen-bond acceptors (Lipinski definition) is 4. The Morgan fingerprint density at radius 1 is 1.26 bits per heavy atom. The second kappa shape index (κ2) is 7.03. The number of carbonyl (C=O) groups is 2. The van der Waals surface area contributed by atoms with Gasteiger partial charge in [0.25, 0.3) is 0 Å². The third-order valence-electron chi connectivity index (χ3n) is 7.86. The molecule has 1 aromatic rings. The lowest BCUT2D eigenvalue weighted by Gasteiger charge is -2.44. The first kappa shape index (κ1) is 20.4. The maximum Gasteiger partial charge on any atom is 0.241 e. The number of hydrogen-bond donors (Lipinski definition) is 0. The average Bonchev–Trinajstić information content (AvgIpc) is 3.06. The van der Waals surface area contributed by atoms with E-state index in [1.165, 1.54) is 12.1 Å². The highest BCUT2D eigenvalue weighted by molar-refractivity contribution is 5.87. The molecule has 2 amide bonds. The Hall–Kier alpha value is -2.46. The summed E-state index contributed by atoms with van der Waals surface area (Å²) in [6.45, 7) is 7.23. The van der Waals surface area contributed by atoms with Gasteiger partial charge in [0.1, 0.15) is 11.9 Å². The molecule has 2 bridgehead atoms. The smallest absolute Gasteiger partial charge is 0.241 e. The minimum absolute atomic E-state index is 0.0512. The molecule has 4 aliphatic rings. The van der Waals surface area contributed by atoms with E-state index in [-0.39, 0.29) is 47.7 Å². The third-order valence-corrected chi connectivity index (χ3v) is 7.86. The van der Waals surface area contributed by atoms with Crippen LogP contribution < -0.4 is 0 Å². The van der Waals surface area contributed by atoms with E-state index in [0.717, 1.165) is 31.4 Å². The highest BCUT2D eigenvalue weighted by Crippen LogP contribution is 2.48. The van der Waals surface area contributed by atoms with Gasteiger partial charge in [0.05, 0.1) is 17.6 Å². The van der Waals surface area contributed by atoms with E-state index in [9.17, 15) is 19.2 Å². The van der Waals surface area contributed by atoms with Crippen molar-refractivity contribution in [1.29, 1.82) is 5.26 Å². The van der Waals surface area contributed by atoms with Gasteiger partial charge in [-0.05, 0) is 56.7 Å². The standard InChI is InChI=1S/C24H29FN4O2/c1-14(22(30)28-18(11-26)8-15-9-20(15)28)12-27-13-19-10-21(27)23(31)29(19)24(2,3)16-4-6-17(25)7-5-16/h4-7,14-15,18-21H,8-10,12-13H2,1-3H3/t14-,15+,18-,19-,20-,21-/m0/s1. The molecule has 3 aliphatic heterocycles. The third kappa shape index (κ3) is 3.15. The van der Waals surface area contributed by atoms with Crippen LogP contribution in [-0.4, -0.2) is 63.8 Å². The van der Waals surface area contributed by atoms with Crippen LogP contribution in [0.4, 0.5) is 4.39 Å². The predicted octanol–water partition coefficient (Wildman–Crippen LogP) is 2.49. The summed E-state index contributed by atoms with van der Waals surface area (Å²) in [6.07, 6.45) is 2.59. The highest BCUT2D eigenvalue weighted by Gasteiger charge is 2.56. The van der Waals surface area contributed by atoms with Crippen LogP contribution in [0.25, 0.3) is 0 Å². The minimum atomic E-state index is -0.520. The maximum absolute atomic E-state index is 13.4. The summed E-state index contributed by atoms with van der Waals surface area (Å²) in [5.41, 5.74) is 0.398. The zero-order valence-electron chi connectivity index (χ0n) is 18.3. The number of likely N-dealkylation sites (tertiary alicyclic amines) is 3. The van der Waals surface area contributed by atoms with Crippen molar-refractivity contribution in [2.24, 2.45) is 11.8 Å². The molecule has 0 unspecified atom stereocenters. The first-order chi connectivity index (χ1) is 14.7.